The largest absolute Gasteiger partial charge is 0.454 e. The van der Waals surface area contributed by atoms with Gasteiger partial charge in [-0.25, -0.2) is 0 Å². The molecule has 18 heavy (non-hydrogen) atoms. The van der Waals surface area contributed by atoms with Crippen molar-refractivity contribution in [1.29, 1.82) is 0 Å². The van der Waals surface area contributed by atoms with Crippen molar-refractivity contribution < 1.29 is 9.47 Å². The first kappa shape index (κ1) is 11.8. The lowest BCUT2D eigenvalue weighted by Gasteiger charge is -2.29. The van der Waals surface area contributed by atoms with Crippen molar-refractivity contribution in [3.05, 3.63) is 23.8 Å². The fourth-order valence-electron chi connectivity index (χ4n) is 2.96. The van der Waals surface area contributed by atoms with Crippen molar-refractivity contribution in [2.24, 2.45) is 0 Å². The number of nitrogens with one attached hydrogen (secondary N) is 1. The maximum absolute atomic E-state index is 5.44. The fourth-order valence-corrected chi connectivity index (χ4v) is 2.96. The molecule has 0 spiro atoms. The molecule has 4 heteroatoms. The highest BCUT2D eigenvalue weighted by Crippen LogP contribution is 2.34. The first-order valence-electron chi connectivity index (χ1n) is 6.47. The van der Waals surface area contributed by atoms with Crippen LogP contribution in [0.2, 0.25) is 0 Å². The average molecular weight is 248 g/mol. The van der Waals surface area contributed by atoms with E-state index in [-0.39, 0.29) is 5.54 Å². The summed E-state index contributed by atoms with van der Waals surface area (Å²) in [5.74, 6) is 1.74. The minimum atomic E-state index is 0.197. The zero-order chi connectivity index (χ0) is 12.6. The Morgan fingerprint density at radius 3 is 2.89 bits per heavy atom. The number of likely N-dealkylation sites (tertiary alicyclic amines) is 1. The average Bonchev–Trinajstić information content (AvgIpc) is 2.96. The third-order valence-corrected chi connectivity index (χ3v) is 4.05. The number of likely N-dealkylation sites (N-methyl/N-ethyl adjacent to an activating group) is 2. The summed E-state index contributed by atoms with van der Waals surface area (Å²) >= 11 is 0. The Kier molecular flexibility index (Phi) is 2.92. The van der Waals surface area contributed by atoms with Crippen molar-refractivity contribution in [3.8, 4) is 11.5 Å². The highest BCUT2D eigenvalue weighted by Gasteiger charge is 2.35. The second-order valence-corrected chi connectivity index (χ2v) is 5.38. The third kappa shape index (κ3) is 2.06. The Morgan fingerprint density at radius 2 is 2.17 bits per heavy atom. The molecule has 0 bridgehead atoms. The molecule has 1 aromatic carbocycles. The van der Waals surface area contributed by atoms with Gasteiger partial charge in [0.1, 0.15) is 0 Å². The Morgan fingerprint density at radius 1 is 1.33 bits per heavy atom. The lowest BCUT2D eigenvalue weighted by Crippen LogP contribution is -2.47. The molecule has 0 aromatic heterocycles. The molecule has 4 nitrogen and oxygen atoms in total. The first-order valence-corrected chi connectivity index (χ1v) is 6.47. The second-order valence-electron chi connectivity index (χ2n) is 5.38. The standard InChI is InChI=1S/C14H20N2O2/c1-15-14(5-6-16(2)9-14)8-11-3-4-12-13(7-11)18-10-17-12/h3-4,7,15H,5-6,8-10H2,1-2H3. The van der Waals surface area contributed by atoms with Crippen LogP contribution in [-0.2, 0) is 6.42 Å². The molecule has 2 aliphatic rings. The monoisotopic (exact) mass is 248 g/mol. The summed E-state index contributed by atoms with van der Waals surface area (Å²) < 4.78 is 10.8. The summed E-state index contributed by atoms with van der Waals surface area (Å²) in [6.45, 7) is 2.60. The van der Waals surface area contributed by atoms with E-state index in [1.165, 1.54) is 12.0 Å². The Labute approximate surface area is 108 Å². The van der Waals surface area contributed by atoms with Crippen molar-refractivity contribution >= 4 is 0 Å². The van der Waals surface area contributed by atoms with Gasteiger partial charge in [-0.15, -0.1) is 0 Å². The van der Waals surface area contributed by atoms with Crippen LogP contribution in [-0.4, -0.2) is 44.4 Å². The smallest absolute Gasteiger partial charge is 0.231 e. The number of rotatable bonds is 3. The molecule has 3 rings (SSSR count). The third-order valence-electron chi connectivity index (χ3n) is 4.05. The van der Waals surface area contributed by atoms with E-state index >= 15 is 0 Å². The molecule has 1 unspecified atom stereocenters. The zero-order valence-electron chi connectivity index (χ0n) is 11.0. The molecule has 2 aliphatic heterocycles. The molecule has 98 valence electrons. The summed E-state index contributed by atoms with van der Waals surface area (Å²) in [4.78, 5) is 2.38. The zero-order valence-corrected chi connectivity index (χ0v) is 11.0. The fraction of sp³-hybridized carbons (Fsp3) is 0.571. The van der Waals surface area contributed by atoms with E-state index in [2.05, 4.69) is 36.4 Å². The molecule has 0 saturated carbocycles. The van der Waals surface area contributed by atoms with E-state index in [9.17, 15) is 0 Å². The van der Waals surface area contributed by atoms with Crippen LogP contribution in [0.1, 0.15) is 12.0 Å². The molecular formula is C14H20N2O2. The summed E-state index contributed by atoms with van der Waals surface area (Å²) in [5, 5.41) is 3.51. The topological polar surface area (TPSA) is 33.7 Å². The first-order chi connectivity index (χ1) is 8.71. The normalized spacial score (nSPS) is 26.8. The van der Waals surface area contributed by atoms with Crippen LogP contribution < -0.4 is 14.8 Å². The van der Waals surface area contributed by atoms with Gasteiger partial charge in [-0.3, -0.25) is 0 Å². The molecule has 1 saturated heterocycles. The van der Waals surface area contributed by atoms with Crippen molar-refractivity contribution in [1.82, 2.24) is 10.2 Å². The van der Waals surface area contributed by atoms with E-state index in [0.29, 0.717) is 6.79 Å². The number of ether oxygens (including phenoxy) is 2. The Bertz CT molecular complexity index is 449. The maximum Gasteiger partial charge on any atom is 0.231 e. The van der Waals surface area contributed by atoms with Gasteiger partial charge >= 0.3 is 0 Å². The van der Waals surface area contributed by atoms with E-state index in [4.69, 9.17) is 9.47 Å². The van der Waals surface area contributed by atoms with Crippen LogP contribution in [0.25, 0.3) is 0 Å². The van der Waals surface area contributed by atoms with E-state index in [1.807, 2.05) is 6.07 Å². The molecule has 0 amide bonds. The van der Waals surface area contributed by atoms with Crippen molar-refractivity contribution in [2.45, 2.75) is 18.4 Å². The lowest BCUT2D eigenvalue weighted by molar-refractivity contribution is 0.174. The number of nitrogens with zero attached hydrogens (tertiary/aromatic N) is 1. The number of hydrogen-bond donors (Lipinski definition) is 1. The van der Waals surface area contributed by atoms with Gasteiger partial charge in [-0.2, -0.15) is 0 Å². The lowest BCUT2D eigenvalue weighted by atomic mass is 9.90. The van der Waals surface area contributed by atoms with Crippen molar-refractivity contribution in [2.75, 3.05) is 34.0 Å². The van der Waals surface area contributed by atoms with Gasteiger partial charge in [0, 0.05) is 12.1 Å². The van der Waals surface area contributed by atoms with Gasteiger partial charge in [0.05, 0.1) is 0 Å². The van der Waals surface area contributed by atoms with Crippen LogP contribution in [0.5, 0.6) is 11.5 Å². The quantitative estimate of drug-likeness (QED) is 0.873. The molecule has 1 aromatic rings. The summed E-state index contributed by atoms with van der Waals surface area (Å²) in [7, 11) is 4.24. The highest BCUT2D eigenvalue weighted by atomic mass is 16.7. The van der Waals surface area contributed by atoms with Gasteiger partial charge in [0.2, 0.25) is 6.79 Å². The molecule has 0 aliphatic carbocycles. The van der Waals surface area contributed by atoms with Gasteiger partial charge in [0.15, 0.2) is 11.5 Å². The second kappa shape index (κ2) is 4.44. The SMILES string of the molecule is CNC1(Cc2ccc3c(c2)OCO3)CCN(C)C1. The molecule has 2 heterocycles. The molecule has 1 fully saturated rings. The highest BCUT2D eigenvalue weighted by molar-refractivity contribution is 5.45. The molecular weight excluding hydrogens is 228 g/mol. The van der Waals surface area contributed by atoms with Crippen LogP contribution in [0.4, 0.5) is 0 Å². The molecule has 1 N–H and O–H groups in total. The summed E-state index contributed by atoms with van der Waals surface area (Å²) in [6.07, 6.45) is 2.22. The van der Waals surface area contributed by atoms with Gasteiger partial charge in [-0.05, 0) is 51.2 Å². The van der Waals surface area contributed by atoms with Gasteiger partial charge in [0.25, 0.3) is 0 Å². The van der Waals surface area contributed by atoms with Gasteiger partial charge < -0.3 is 19.7 Å². The van der Waals surface area contributed by atoms with Crippen LogP contribution in [0.15, 0.2) is 18.2 Å². The van der Waals surface area contributed by atoms with Gasteiger partial charge in [-0.1, -0.05) is 6.07 Å². The minimum Gasteiger partial charge on any atom is -0.454 e. The van der Waals surface area contributed by atoms with Crippen LogP contribution in [0.3, 0.4) is 0 Å². The molecule has 1 atom stereocenters. The minimum absolute atomic E-state index is 0.197. The van der Waals surface area contributed by atoms with E-state index in [0.717, 1.165) is 31.0 Å². The van der Waals surface area contributed by atoms with Crippen LogP contribution in [0, 0.1) is 0 Å². The van der Waals surface area contributed by atoms with Crippen molar-refractivity contribution in [3.63, 3.8) is 0 Å². The maximum atomic E-state index is 5.44. The summed E-state index contributed by atoms with van der Waals surface area (Å²) in [5.41, 5.74) is 1.51. The molecule has 0 radical (unpaired) electrons. The Balaban J connectivity index is 1.79. The number of benzene rings is 1. The Hall–Kier alpha value is -1.26. The van der Waals surface area contributed by atoms with Crippen LogP contribution >= 0.6 is 0 Å². The van der Waals surface area contributed by atoms with E-state index < -0.39 is 0 Å². The number of hydrogen-bond acceptors (Lipinski definition) is 4. The predicted octanol–water partition coefficient (Wildman–Crippen LogP) is 1.25. The summed E-state index contributed by atoms with van der Waals surface area (Å²) in [6, 6.07) is 6.27. The predicted molar refractivity (Wildman–Crippen MR) is 70.2 cm³/mol. The number of fused-ring (bicyclic) bond motifs is 1. The van der Waals surface area contributed by atoms with E-state index in [1.54, 1.807) is 0 Å².